The monoisotopic (exact) mass is 278 g/mol. The maximum Gasteiger partial charge on any atom is 0.202 e. The van der Waals surface area contributed by atoms with E-state index in [4.69, 9.17) is 0 Å². The maximum absolute atomic E-state index is 13.1. The van der Waals surface area contributed by atoms with E-state index < -0.39 is 0 Å². The number of aryl methyl sites for hydroxylation is 1. The number of nitrogens with zero attached hydrogens (tertiary/aromatic N) is 4. The molecule has 0 bridgehead atoms. The molecule has 0 spiro atoms. The van der Waals surface area contributed by atoms with Crippen LogP contribution in [0.15, 0.2) is 6.20 Å². The molecule has 1 aromatic rings. The third-order valence-electron chi connectivity index (χ3n) is 4.59. The minimum Gasteiger partial charge on any atom is -0.291 e. The van der Waals surface area contributed by atoms with E-state index in [1.807, 2.05) is 0 Å². The van der Waals surface area contributed by atoms with Gasteiger partial charge in [-0.15, -0.1) is 5.10 Å². The van der Waals surface area contributed by atoms with E-state index in [2.05, 4.69) is 36.0 Å². The highest BCUT2D eigenvalue weighted by Crippen LogP contribution is 2.31. The molecule has 0 unspecified atom stereocenters. The summed E-state index contributed by atoms with van der Waals surface area (Å²) >= 11 is 0. The Labute approximate surface area is 121 Å². The maximum atomic E-state index is 13.1. The van der Waals surface area contributed by atoms with Crippen LogP contribution in [0, 0.1) is 0 Å². The van der Waals surface area contributed by atoms with Crippen LogP contribution >= 0.6 is 0 Å². The molecule has 1 fully saturated rings. The molecule has 112 valence electrons. The van der Waals surface area contributed by atoms with Gasteiger partial charge in [-0.25, -0.2) is 4.68 Å². The summed E-state index contributed by atoms with van der Waals surface area (Å²) < 4.78 is 1.76. The lowest BCUT2D eigenvalue weighted by Crippen LogP contribution is -2.53. The molecule has 1 saturated heterocycles. The van der Waals surface area contributed by atoms with Crippen LogP contribution in [0.1, 0.15) is 63.4 Å². The summed E-state index contributed by atoms with van der Waals surface area (Å²) in [6.07, 6.45) is 6.68. The predicted octanol–water partition coefficient (Wildman–Crippen LogP) is 2.53. The number of carbonyl (C=O) groups is 1. The lowest BCUT2D eigenvalue weighted by molar-refractivity contribution is 0.0569. The minimum atomic E-state index is -0.371. The van der Waals surface area contributed by atoms with Gasteiger partial charge in [0, 0.05) is 6.54 Å². The molecule has 1 aliphatic heterocycles. The summed E-state index contributed by atoms with van der Waals surface area (Å²) in [7, 11) is 0. The molecule has 1 aliphatic rings. The van der Waals surface area contributed by atoms with Crippen molar-refractivity contribution in [2.75, 3.05) is 13.1 Å². The number of hydrogen-bond donors (Lipinski definition) is 0. The number of carbonyl (C=O) groups excluding carboxylic acids is 1. The average molecular weight is 278 g/mol. The first-order valence-corrected chi connectivity index (χ1v) is 7.88. The lowest BCUT2D eigenvalue weighted by atomic mass is 9.84. The molecule has 0 aromatic carbocycles. The van der Waals surface area contributed by atoms with Gasteiger partial charge in [-0.1, -0.05) is 26.0 Å². The second-order valence-electron chi connectivity index (χ2n) is 5.60. The first kappa shape index (κ1) is 15.2. The molecule has 20 heavy (non-hydrogen) atoms. The molecule has 0 atom stereocenters. The third-order valence-corrected chi connectivity index (χ3v) is 4.59. The number of Topliss-reactive ketones (excluding diaryl/α,β-unsaturated/α-hetero) is 1. The molecular weight excluding hydrogens is 252 g/mol. The Morgan fingerprint density at radius 3 is 2.45 bits per heavy atom. The van der Waals surface area contributed by atoms with Crippen LogP contribution in [0.5, 0.6) is 0 Å². The summed E-state index contributed by atoms with van der Waals surface area (Å²) in [6, 6.07) is 0. The summed E-state index contributed by atoms with van der Waals surface area (Å²) in [6.45, 7) is 9.14. The molecular formula is C15H26N4O. The van der Waals surface area contributed by atoms with Gasteiger partial charge in [-0.05, 0) is 45.2 Å². The quantitative estimate of drug-likeness (QED) is 0.719. The summed E-state index contributed by atoms with van der Waals surface area (Å²) in [5, 5.41) is 8.01. The molecule has 0 saturated carbocycles. The van der Waals surface area contributed by atoms with Crippen LogP contribution in [0.4, 0.5) is 0 Å². The molecule has 0 radical (unpaired) electrons. The van der Waals surface area contributed by atoms with Gasteiger partial charge in [-0.3, -0.25) is 9.69 Å². The van der Waals surface area contributed by atoms with E-state index in [0.29, 0.717) is 5.69 Å². The zero-order valence-corrected chi connectivity index (χ0v) is 12.9. The van der Waals surface area contributed by atoms with Crippen LogP contribution in [0.25, 0.3) is 0 Å². The van der Waals surface area contributed by atoms with Crippen LogP contribution < -0.4 is 0 Å². The van der Waals surface area contributed by atoms with Crippen molar-refractivity contribution in [1.82, 2.24) is 19.9 Å². The zero-order valence-electron chi connectivity index (χ0n) is 12.9. The molecule has 2 rings (SSSR count). The Hall–Kier alpha value is -1.23. The van der Waals surface area contributed by atoms with Crippen LogP contribution in [-0.2, 0) is 6.54 Å². The molecule has 2 heterocycles. The van der Waals surface area contributed by atoms with E-state index >= 15 is 0 Å². The fraction of sp³-hybridized carbons (Fsp3) is 0.800. The van der Waals surface area contributed by atoms with Crippen LogP contribution in [-0.4, -0.2) is 44.3 Å². The number of aromatic nitrogens is 3. The first-order valence-electron chi connectivity index (χ1n) is 7.88. The van der Waals surface area contributed by atoms with Gasteiger partial charge in [-0.2, -0.15) is 0 Å². The molecule has 5 heteroatoms. The van der Waals surface area contributed by atoms with Crippen LogP contribution in [0.2, 0.25) is 0 Å². The first-order chi connectivity index (χ1) is 9.69. The molecule has 0 N–H and O–H groups in total. The number of hydrogen-bond acceptors (Lipinski definition) is 4. The SMILES string of the molecule is CCCn1nncc1C(=O)C(CC)(CC)N1CCCC1. The van der Waals surface area contributed by atoms with E-state index in [0.717, 1.165) is 38.9 Å². The smallest absolute Gasteiger partial charge is 0.202 e. The van der Waals surface area contributed by atoms with Gasteiger partial charge in [0.05, 0.1) is 11.7 Å². The Bertz CT molecular complexity index is 444. The van der Waals surface area contributed by atoms with Crippen molar-refractivity contribution in [3.63, 3.8) is 0 Å². The molecule has 5 nitrogen and oxygen atoms in total. The predicted molar refractivity (Wildman–Crippen MR) is 78.8 cm³/mol. The van der Waals surface area contributed by atoms with Crippen molar-refractivity contribution in [1.29, 1.82) is 0 Å². The van der Waals surface area contributed by atoms with Gasteiger partial charge in [0.15, 0.2) is 0 Å². The Balaban J connectivity index is 2.33. The Kier molecular flexibility index (Phi) is 4.91. The van der Waals surface area contributed by atoms with Crippen molar-refractivity contribution in [2.24, 2.45) is 0 Å². The number of likely N-dealkylation sites (tertiary alicyclic amines) is 1. The fourth-order valence-electron chi connectivity index (χ4n) is 3.36. The topological polar surface area (TPSA) is 51.0 Å². The second kappa shape index (κ2) is 6.48. The van der Waals surface area contributed by atoms with Crippen molar-refractivity contribution in [2.45, 2.75) is 65.0 Å². The largest absolute Gasteiger partial charge is 0.291 e. The van der Waals surface area contributed by atoms with Gasteiger partial charge in [0.1, 0.15) is 5.69 Å². The van der Waals surface area contributed by atoms with Crippen molar-refractivity contribution in [3.8, 4) is 0 Å². The highest BCUT2D eigenvalue weighted by atomic mass is 16.1. The van der Waals surface area contributed by atoms with Crippen molar-refractivity contribution >= 4 is 5.78 Å². The van der Waals surface area contributed by atoms with E-state index in [9.17, 15) is 4.79 Å². The number of ketones is 1. The number of rotatable bonds is 7. The standard InChI is InChI=1S/C15H26N4O/c1-4-9-19-13(12-16-17-19)14(20)15(5-2,6-3)18-10-7-8-11-18/h12H,4-11H2,1-3H3. The van der Waals surface area contributed by atoms with Crippen molar-refractivity contribution < 1.29 is 4.79 Å². The normalized spacial score (nSPS) is 16.8. The summed E-state index contributed by atoms with van der Waals surface area (Å²) in [5.74, 6) is 0.197. The zero-order chi connectivity index (χ0) is 14.6. The van der Waals surface area contributed by atoms with Gasteiger partial charge in [0.25, 0.3) is 0 Å². The van der Waals surface area contributed by atoms with E-state index in [-0.39, 0.29) is 11.3 Å². The van der Waals surface area contributed by atoms with E-state index in [1.165, 1.54) is 12.8 Å². The lowest BCUT2D eigenvalue weighted by Gasteiger charge is -2.39. The summed E-state index contributed by atoms with van der Waals surface area (Å²) in [4.78, 5) is 15.5. The van der Waals surface area contributed by atoms with E-state index in [1.54, 1.807) is 10.9 Å². The molecule has 0 aliphatic carbocycles. The highest BCUT2D eigenvalue weighted by Gasteiger charge is 2.43. The van der Waals surface area contributed by atoms with Crippen molar-refractivity contribution in [3.05, 3.63) is 11.9 Å². The van der Waals surface area contributed by atoms with Gasteiger partial charge in [0.2, 0.25) is 5.78 Å². The Morgan fingerprint density at radius 2 is 1.90 bits per heavy atom. The van der Waals surface area contributed by atoms with Gasteiger partial charge >= 0.3 is 0 Å². The average Bonchev–Trinajstić information content (AvgIpc) is 3.12. The highest BCUT2D eigenvalue weighted by molar-refractivity contribution is 6.01. The van der Waals surface area contributed by atoms with Crippen LogP contribution in [0.3, 0.4) is 0 Å². The fourth-order valence-corrected chi connectivity index (χ4v) is 3.36. The summed E-state index contributed by atoms with van der Waals surface area (Å²) in [5.41, 5.74) is 0.298. The second-order valence-corrected chi connectivity index (χ2v) is 5.60. The third kappa shape index (κ3) is 2.51. The minimum absolute atomic E-state index is 0.197. The van der Waals surface area contributed by atoms with Gasteiger partial charge < -0.3 is 0 Å². The Morgan fingerprint density at radius 1 is 1.25 bits per heavy atom. The molecule has 1 aromatic heterocycles. The molecule has 0 amide bonds.